The molecule has 0 radical (unpaired) electrons. The summed E-state index contributed by atoms with van der Waals surface area (Å²) in [6.07, 6.45) is -0.578. The molecule has 0 aliphatic carbocycles. The van der Waals surface area contributed by atoms with Crippen LogP contribution in [-0.2, 0) is 14.6 Å². The van der Waals surface area contributed by atoms with E-state index >= 15 is 0 Å². The standard InChI is InChI=1S/C11H12N2O6S/c12-10(16)7-2-1-6(5-8(7)11(13)17)20(18,19)4-3-9(14)15/h1-2,5H,3-4H2,(H2,12,16)(H2,13,17)(H,14,15). The molecule has 0 heterocycles. The molecule has 0 spiro atoms. The lowest BCUT2D eigenvalue weighted by Gasteiger charge is -2.07. The van der Waals surface area contributed by atoms with Gasteiger partial charge in [0.15, 0.2) is 9.84 Å². The average molecular weight is 300 g/mol. The molecule has 0 saturated heterocycles. The van der Waals surface area contributed by atoms with E-state index in [-0.39, 0.29) is 16.0 Å². The summed E-state index contributed by atoms with van der Waals surface area (Å²) in [4.78, 5) is 32.4. The summed E-state index contributed by atoms with van der Waals surface area (Å²) < 4.78 is 23.7. The fourth-order valence-corrected chi connectivity index (χ4v) is 2.73. The third-order valence-electron chi connectivity index (χ3n) is 2.47. The van der Waals surface area contributed by atoms with Gasteiger partial charge in [-0.15, -0.1) is 0 Å². The van der Waals surface area contributed by atoms with Crippen LogP contribution in [0.5, 0.6) is 0 Å². The molecule has 9 heteroatoms. The Labute approximate surface area is 114 Å². The Balaban J connectivity index is 3.28. The lowest BCUT2D eigenvalue weighted by atomic mass is 10.1. The number of aliphatic carboxylic acids is 1. The number of benzene rings is 1. The maximum absolute atomic E-state index is 11.9. The van der Waals surface area contributed by atoms with Gasteiger partial charge in [-0.1, -0.05) is 0 Å². The van der Waals surface area contributed by atoms with E-state index in [0.29, 0.717) is 0 Å². The molecule has 0 saturated carbocycles. The van der Waals surface area contributed by atoms with Gasteiger partial charge in [0.2, 0.25) is 11.8 Å². The van der Waals surface area contributed by atoms with Crippen LogP contribution in [0, 0.1) is 0 Å². The molecular formula is C11H12N2O6S. The first kappa shape index (κ1) is 15.6. The first-order chi connectivity index (χ1) is 9.15. The summed E-state index contributed by atoms with van der Waals surface area (Å²) in [6.45, 7) is 0. The largest absolute Gasteiger partial charge is 0.481 e. The van der Waals surface area contributed by atoms with Crippen LogP contribution >= 0.6 is 0 Å². The highest BCUT2D eigenvalue weighted by atomic mass is 32.2. The van der Waals surface area contributed by atoms with Gasteiger partial charge >= 0.3 is 5.97 Å². The Morgan fingerprint density at radius 2 is 1.60 bits per heavy atom. The van der Waals surface area contributed by atoms with Crippen LogP contribution in [0.2, 0.25) is 0 Å². The maximum atomic E-state index is 11.9. The monoisotopic (exact) mass is 300 g/mol. The molecule has 108 valence electrons. The minimum atomic E-state index is -3.89. The Hall–Kier alpha value is -2.42. The van der Waals surface area contributed by atoms with Crippen LogP contribution in [0.4, 0.5) is 0 Å². The lowest BCUT2D eigenvalue weighted by molar-refractivity contribution is -0.136. The zero-order valence-electron chi connectivity index (χ0n) is 10.2. The number of carboxylic acid groups (broad SMARTS) is 1. The predicted molar refractivity (Wildman–Crippen MR) is 67.8 cm³/mol. The number of primary amides is 2. The third-order valence-corrected chi connectivity index (χ3v) is 4.18. The summed E-state index contributed by atoms with van der Waals surface area (Å²) in [7, 11) is -3.89. The van der Waals surface area contributed by atoms with Crippen molar-refractivity contribution >= 4 is 27.6 Å². The highest BCUT2D eigenvalue weighted by molar-refractivity contribution is 7.91. The highest BCUT2D eigenvalue weighted by Gasteiger charge is 2.20. The van der Waals surface area contributed by atoms with Crippen LogP contribution in [0.1, 0.15) is 27.1 Å². The first-order valence-corrected chi connectivity index (χ1v) is 6.98. The fraction of sp³-hybridized carbons (Fsp3) is 0.182. The number of carboxylic acids is 1. The molecule has 5 N–H and O–H groups in total. The molecule has 1 aromatic rings. The Kier molecular flexibility index (Phi) is 4.45. The summed E-state index contributed by atoms with van der Waals surface area (Å²) in [6, 6.07) is 3.05. The van der Waals surface area contributed by atoms with Crippen molar-refractivity contribution in [1.29, 1.82) is 0 Å². The van der Waals surface area contributed by atoms with E-state index in [0.717, 1.165) is 18.2 Å². The second-order valence-electron chi connectivity index (χ2n) is 3.90. The van der Waals surface area contributed by atoms with Gasteiger partial charge in [0, 0.05) is 0 Å². The van der Waals surface area contributed by atoms with E-state index in [1.54, 1.807) is 0 Å². The van der Waals surface area contributed by atoms with E-state index in [1.165, 1.54) is 0 Å². The van der Waals surface area contributed by atoms with E-state index in [1.807, 2.05) is 0 Å². The van der Waals surface area contributed by atoms with Gasteiger partial charge in [0.25, 0.3) is 0 Å². The minimum absolute atomic E-state index is 0.199. The van der Waals surface area contributed by atoms with Crippen LogP contribution in [0.15, 0.2) is 23.1 Å². The van der Waals surface area contributed by atoms with E-state index < -0.39 is 39.8 Å². The number of hydrogen-bond donors (Lipinski definition) is 3. The number of amides is 2. The average Bonchev–Trinajstić information content (AvgIpc) is 2.35. The highest BCUT2D eigenvalue weighted by Crippen LogP contribution is 2.17. The van der Waals surface area contributed by atoms with Crippen molar-refractivity contribution in [3.63, 3.8) is 0 Å². The van der Waals surface area contributed by atoms with Crippen molar-refractivity contribution < 1.29 is 27.9 Å². The topological polar surface area (TPSA) is 158 Å². The Bertz CT molecular complexity index is 680. The first-order valence-electron chi connectivity index (χ1n) is 5.33. The molecule has 0 atom stereocenters. The number of carbonyl (C=O) groups excluding carboxylic acids is 2. The third kappa shape index (κ3) is 3.54. The zero-order chi connectivity index (χ0) is 15.5. The molecule has 0 unspecified atom stereocenters. The SMILES string of the molecule is NC(=O)c1ccc(S(=O)(=O)CCC(=O)O)cc1C(N)=O. The molecule has 2 amide bonds. The predicted octanol–water partition coefficient (Wildman–Crippen LogP) is -0.867. The molecule has 0 fully saturated rings. The van der Waals surface area contributed by atoms with Crippen LogP contribution < -0.4 is 11.5 Å². The molecule has 0 aliphatic rings. The second kappa shape index (κ2) is 5.70. The van der Waals surface area contributed by atoms with Gasteiger partial charge < -0.3 is 16.6 Å². The van der Waals surface area contributed by atoms with Crippen molar-refractivity contribution in [2.45, 2.75) is 11.3 Å². The number of hydrogen-bond acceptors (Lipinski definition) is 5. The number of rotatable bonds is 6. The van der Waals surface area contributed by atoms with Crippen molar-refractivity contribution in [3.05, 3.63) is 29.3 Å². The Morgan fingerprint density at radius 1 is 1.05 bits per heavy atom. The fourth-order valence-electron chi connectivity index (χ4n) is 1.48. The summed E-state index contributed by atoms with van der Waals surface area (Å²) in [5.41, 5.74) is 9.56. The second-order valence-corrected chi connectivity index (χ2v) is 6.01. The quantitative estimate of drug-likeness (QED) is 0.619. The van der Waals surface area contributed by atoms with Crippen molar-refractivity contribution in [2.24, 2.45) is 11.5 Å². The van der Waals surface area contributed by atoms with Gasteiger partial charge in [-0.25, -0.2) is 8.42 Å². The van der Waals surface area contributed by atoms with Crippen molar-refractivity contribution in [1.82, 2.24) is 0 Å². The van der Waals surface area contributed by atoms with Crippen molar-refractivity contribution in [2.75, 3.05) is 5.75 Å². The summed E-state index contributed by atoms with van der Waals surface area (Å²) in [5.74, 6) is -3.82. The van der Waals surface area contributed by atoms with Gasteiger partial charge in [-0.05, 0) is 18.2 Å². The molecule has 1 aromatic carbocycles. The smallest absolute Gasteiger partial charge is 0.304 e. The molecule has 0 aromatic heterocycles. The van der Waals surface area contributed by atoms with Gasteiger partial charge in [0.05, 0.1) is 28.2 Å². The molecule has 0 bridgehead atoms. The summed E-state index contributed by atoms with van der Waals surface area (Å²) >= 11 is 0. The molecular weight excluding hydrogens is 288 g/mol. The number of sulfone groups is 1. The molecule has 20 heavy (non-hydrogen) atoms. The number of nitrogens with two attached hydrogens (primary N) is 2. The van der Waals surface area contributed by atoms with Crippen molar-refractivity contribution in [3.8, 4) is 0 Å². The van der Waals surface area contributed by atoms with Crippen LogP contribution in [-0.4, -0.2) is 37.1 Å². The lowest BCUT2D eigenvalue weighted by Crippen LogP contribution is -2.21. The Morgan fingerprint density at radius 3 is 2.05 bits per heavy atom. The number of carbonyl (C=O) groups is 3. The molecule has 8 nitrogen and oxygen atoms in total. The normalized spacial score (nSPS) is 11.0. The molecule has 0 aliphatic heterocycles. The maximum Gasteiger partial charge on any atom is 0.304 e. The minimum Gasteiger partial charge on any atom is -0.481 e. The zero-order valence-corrected chi connectivity index (χ0v) is 11.0. The van der Waals surface area contributed by atoms with Crippen LogP contribution in [0.3, 0.4) is 0 Å². The summed E-state index contributed by atoms with van der Waals surface area (Å²) in [5, 5.41) is 8.48. The van der Waals surface area contributed by atoms with E-state index in [4.69, 9.17) is 16.6 Å². The van der Waals surface area contributed by atoms with E-state index in [9.17, 15) is 22.8 Å². The van der Waals surface area contributed by atoms with Crippen LogP contribution in [0.25, 0.3) is 0 Å². The molecule has 1 rings (SSSR count). The van der Waals surface area contributed by atoms with Gasteiger partial charge in [-0.2, -0.15) is 0 Å². The van der Waals surface area contributed by atoms with Gasteiger partial charge in [-0.3, -0.25) is 14.4 Å². The van der Waals surface area contributed by atoms with E-state index in [2.05, 4.69) is 0 Å². The van der Waals surface area contributed by atoms with Gasteiger partial charge in [0.1, 0.15) is 0 Å².